The van der Waals surface area contributed by atoms with Gasteiger partial charge in [0.2, 0.25) is 0 Å². The quantitative estimate of drug-likeness (QED) is 0.476. The van der Waals surface area contributed by atoms with Crippen LogP contribution < -0.4 is 14.8 Å². The van der Waals surface area contributed by atoms with E-state index in [9.17, 15) is 4.79 Å². The van der Waals surface area contributed by atoms with Crippen molar-refractivity contribution in [3.8, 4) is 22.9 Å². The predicted molar refractivity (Wildman–Crippen MR) is 117 cm³/mol. The average Bonchev–Trinajstić information content (AvgIpc) is 3.37. The third kappa shape index (κ3) is 3.87. The number of nitrogens with one attached hydrogen (secondary N) is 2. The number of hydrogen-bond acceptors (Lipinski definition) is 4. The van der Waals surface area contributed by atoms with Crippen molar-refractivity contribution < 1.29 is 14.3 Å². The molecule has 0 saturated carbocycles. The van der Waals surface area contributed by atoms with Gasteiger partial charge in [-0.15, -0.1) is 0 Å². The third-order valence-electron chi connectivity index (χ3n) is 4.96. The average molecular weight is 404 g/mol. The predicted octanol–water partition coefficient (Wildman–Crippen LogP) is 4.47. The highest BCUT2D eigenvalue weighted by molar-refractivity contribution is 5.94. The van der Waals surface area contributed by atoms with Crippen LogP contribution in [0.1, 0.15) is 13.8 Å². The van der Waals surface area contributed by atoms with Crippen molar-refractivity contribution in [1.82, 2.24) is 14.8 Å². The number of para-hydroxylation sites is 1. The van der Waals surface area contributed by atoms with E-state index >= 15 is 0 Å². The van der Waals surface area contributed by atoms with E-state index in [1.165, 1.54) is 0 Å². The largest absolute Gasteiger partial charge is 0.497 e. The number of aryl methyl sites for hydroxylation is 1. The number of H-pyrrole nitrogens is 1. The zero-order chi connectivity index (χ0) is 21.1. The van der Waals surface area contributed by atoms with E-state index in [1.807, 2.05) is 54.6 Å². The molecule has 2 N–H and O–H groups in total. The molecule has 0 aliphatic rings. The Morgan fingerprint density at radius 3 is 2.67 bits per heavy atom. The van der Waals surface area contributed by atoms with Crippen molar-refractivity contribution in [2.75, 3.05) is 12.4 Å². The van der Waals surface area contributed by atoms with Gasteiger partial charge in [0.15, 0.2) is 11.9 Å². The number of rotatable bonds is 7. The van der Waals surface area contributed by atoms with Crippen molar-refractivity contribution in [2.45, 2.75) is 26.5 Å². The summed E-state index contributed by atoms with van der Waals surface area (Å²) < 4.78 is 13.2. The number of hydrogen-bond donors (Lipinski definition) is 2. The number of ether oxygens (including phenoxy) is 2. The molecule has 2 aromatic carbocycles. The van der Waals surface area contributed by atoms with Crippen LogP contribution in [0, 0.1) is 0 Å². The molecule has 1 amide bonds. The van der Waals surface area contributed by atoms with Crippen molar-refractivity contribution in [3.05, 3.63) is 60.7 Å². The fraction of sp³-hybridized carbons (Fsp3) is 0.217. The van der Waals surface area contributed by atoms with E-state index in [1.54, 1.807) is 14.0 Å². The summed E-state index contributed by atoms with van der Waals surface area (Å²) in [5.41, 5.74) is 2.92. The summed E-state index contributed by atoms with van der Waals surface area (Å²) in [5, 5.41) is 11.2. The van der Waals surface area contributed by atoms with E-state index in [2.05, 4.69) is 33.1 Å². The molecule has 0 radical (unpaired) electrons. The SMILES string of the molecule is CCn1c(-c2cc(NC(=O)[C@H](C)Oc3ccccc3)n[nH]2)cc2cc(OC)ccc21. The molecule has 0 fully saturated rings. The van der Waals surface area contributed by atoms with Gasteiger partial charge in [-0.3, -0.25) is 9.89 Å². The molecule has 4 aromatic rings. The van der Waals surface area contributed by atoms with Crippen LogP contribution in [0.3, 0.4) is 0 Å². The van der Waals surface area contributed by atoms with Crippen LogP contribution in [0.4, 0.5) is 5.82 Å². The number of amides is 1. The number of fused-ring (bicyclic) bond motifs is 1. The lowest BCUT2D eigenvalue weighted by molar-refractivity contribution is -0.122. The Balaban J connectivity index is 1.53. The summed E-state index contributed by atoms with van der Waals surface area (Å²) >= 11 is 0. The molecular weight excluding hydrogens is 380 g/mol. The molecule has 0 unspecified atom stereocenters. The number of aromatic amines is 1. The van der Waals surface area contributed by atoms with Gasteiger partial charge in [0.25, 0.3) is 5.91 Å². The Morgan fingerprint density at radius 2 is 1.93 bits per heavy atom. The summed E-state index contributed by atoms with van der Waals surface area (Å²) in [4.78, 5) is 12.5. The van der Waals surface area contributed by atoms with E-state index in [-0.39, 0.29) is 5.91 Å². The molecule has 0 bridgehead atoms. The Morgan fingerprint density at radius 1 is 1.13 bits per heavy atom. The Kier molecular flexibility index (Phi) is 5.43. The number of methoxy groups -OCH3 is 1. The van der Waals surface area contributed by atoms with Crippen LogP contribution in [0.5, 0.6) is 11.5 Å². The minimum Gasteiger partial charge on any atom is -0.497 e. The van der Waals surface area contributed by atoms with E-state index < -0.39 is 6.10 Å². The lowest BCUT2D eigenvalue weighted by Gasteiger charge is -2.13. The van der Waals surface area contributed by atoms with Gasteiger partial charge in [-0.25, -0.2) is 0 Å². The lowest BCUT2D eigenvalue weighted by Crippen LogP contribution is -2.30. The molecule has 0 saturated heterocycles. The monoisotopic (exact) mass is 404 g/mol. The maximum Gasteiger partial charge on any atom is 0.266 e. The number of aromatic nitrogens is 3. The second kappa shape index (κ2) is 8.32. The van der Waals surface area contributed by atoms with Gasteiger partial charge < -0.3 is 19.4 Å². The topological polar surface area (TPSA) is 81.2 Å². The Bertz CT molecular complexity index is 1160. The van der Waals surface area contributed by atoms with Gasteiger partial charge in [0, 0.05) is 23.5 Å². The van der Waals surface area contributed by atoms with E-state index in [4.69, 9.17) is 9.47 Å². The minimum absolute atomic E-state index is 0.266. The van der Waals surface area contributed by atoms with Gasteiger partial charge in [-0.1, -0.05) is 18.2 Å². The molecule has 0 aliphatic heterocycles. The zero-order valence-corrected chi connectivity index (χ0v) is 17.2. The second-order valence-corrected chi connectivity index (χ2v) is 6.93. The molecule has 2 aromatic heterocycles. The first-order valence-corrected chi connectivity index (χ1v) is 9.84. The molecule has 0 aliphatic carbocycles. The van der Waals surface area contributed by atoms with E-state index in [0.717, 1.165) is 34.6 Å². The summed E-state index contributed by atoms with van der Waals surface area (Å²) in [7, 11) is 1.66. The smallest absolute Gasteiger partial charge is 0.266 e. The molecule has 1 atom stereocenters. The minimum atomic E-state index is -0.651. The normalized spacial score (nSPS) is 12.0. The molecular formula is C23H24N4O3. The molecule has 2 heterocycles. The highest BCUT2D eigenvalue weighted by Gasteiger charge is 2.18. The van der Waals surface area contributed by atoms with Crippen LogP contribution in [0.25, 0.3) is 22.3 Å². The van der Waals surface area contributed by atoms with Crippen LogP contribution in [0.2, 0.25) is 0 Å². The summed E-state index contributed by atoms with van der Waals surface area (Å²) in [6.45, 7) is 4.60. The van der Waals surface area contributed by atoms with Gasteiger partial charge in [0.05, 0.1) is 18.5 Å². The first kappa shape index (κ1) is 19.6. The second-order valence-electron chi connectivity index (χ2n) is 6.93. The first-order chi connectivity index (χ1) is 14.6. The maximum atomic E-state index is 12.5. The van der Waals surface area contributed by atoms with Crippen molar-refractivity contribution in [1.29, 1.82) is 0 Å². The standard InChI is InChI=1S/C23H24N4O3/c1-4-27-20-11-10-18(29-3)12-16(20)13-21(27)19-14-22(26-25-19)24-23(28)15(2)30-17-8-6-5-7-9-17/h5-15H,4H2,1-3H3,(H2,24,25,26,28)/t15-/m0/s1. The van der Waals surface area contributed by atoms with Gasteiger partial charge in [-0.2, -0.15) is 5.10 Å². The van der Waals surface area contributed by atoms with Crippen LogP contribution in [-0.2, 0) is 11.3 Å². The maximum absolute atomic E-state index is 12.5. The van der Waals surface area contributed by atoms with Gasteiger partial charge >= 0.3 is 0 Å². The fourth-order valence-corrected chi connectivity index (χ4v) is 3.44. The summed E-state index contributed by atoms with van der Waals surface area (Å²) in [6, 6.07) is 19.2. The van der Waals surface area contributed by atoms with Crippen molar-refractivity contribution in [2.24, 2.45) is 0 Å². The number of anilines is 1. The Labute approximate surface area is 174 Å². The van der Waals surface area contributed by atoms with Crippen LogP contribution in [-0.4, -0.2) is 33.9 Å². The number of carbonyl (C=O) groups excluding carboxylic acids is 1. The molecule has 30 heavy (non-hydrogen) atoms. The van der Waals surface area contributed by atoms with Gasteiger partial charge in [0.1, 0.15) is 11.5 Å². The van der Waals surface area contributed by atoms with Gasteiger partial charge in [-0.05, 0) is 50.2 Å². The van der Waals surface area contributed by atoms with Crippen LogP contribution >= 0.6 is 0 Å². The fourth-order valence-electron chi connectivity index (χ4n) is 3.44. The molecule has 7 nitrogen and oxygen atoms in total. The van der Waals surface area contributed by atoms with Crippen molar-refractivity contribution >= 4 is 22.6 Å². The molecule has 154 valence electrons. The number of nitrogens with zero attached hydrogens (tertiary/aromatic N) is 2. The third-order valence-corrected chi connectivity index (χ3v) is 4.96. The van der Waals surface area contributed by atoms with Crippen LogP contribution in [0.15, 0.2) is 60.7 Å². The number of benzene rings is 2. The highest BCUT2D eigenvalue weighted by atomic mass is 16.5. The first-order valence-electron chi connectivity index (χ1n) is 9.84. The molecule has 0 spiro atoms. The summed E-state index contributed by atoms with van der Waals surface area (Å²) in [6.07, 6.45) is -0.651. The highest BCUT2D eigenvalue weighted by Crippen LogP contribution is 2.30. The zero-order valence-electron chi connectivity index (χ0n) is 17.2. The molecule has 4 rings (SSSR count). The number of carbonyl (C=O) groups is 1. The Hall–Kier alpha value is -3.74. The van der Waals surface area contributed by atoms with E-state index in [0.29, 0.717) is 11.6 Å². The summed E-state index contributed by atoms with van der Waals surface area (Å²) in [5.74, 6) is 1.64. The van der Waals surface area contributed by atoms with Crippen molar-refractivity contribution in [3.63, 3.8) is 0 Å². The lowest BCUT2D eigenvalue weighted by atomic mass is 10.2. The molecule has 7 heteroatoms.